The van der Waals surface area contributed by atoms with E-state index < -0.39 is 0 Å². The van der Waals surface area contributed by atoms with E-state index in [4.69, 9.17) is 0 Å². The average molecular weight is 718 g/mol. The van der Waals surface area contributed by atoms with E-state index in [0.29, 0.717) is 0 Å². The summed E-state index contributed by atoms with van der Waals surface area (Å²) in [6.45, 7) is 0. The van der Waals surface area contributed by atoms with Crippen molar-refractivity contribution in [3.8, 4) is 22.3 Å². The molecule has 2 heteroatoms. The summed E-state index contributed by atoms with van der Waals surface area (Å²) in [7, 11) is 0. The molecule has 0 N–H and O–H groups in total. The van der Waals surface area contributed by atoms with Gasteiger partial charge in [-0.25, -0.2) is 4.39 Å². The molecule has 10 aromatic rings. The molecule has 0 fully saturated rings. The maximum absolute atomic E-state index is 13.8. The Labute approximate surface area is 325 Å². The number of para-hydroxylation sites is 1. The van der Waals surface area contributed by atoms with Crippen molar-refractivity contribution in [1.29, 1.82) is 0 Å². The highest BCUT2D eigenvalue weighted by Gasteiger charge is 2.18. The Kier molecular flexibility index (Phi) is 8.42. The van der Waals surface area contributed by atoms with Crippen LogP contribution in [0.3, 0.4) is 0 Å². The highest BCUT2D eigenvalue weighted by molar-refractivity contribution is 6.23. The maximum atomic E-state index is 13.8. The Morgan fingerprint density at radius 3 is 1.54 bits per heavy atom. The quantitative estimate of drug-likeness (QED) is 0.117. The zero-order valence-corrected chi connectivity index (χ0v) is 30.6. The molecule has 0 aliphatic rings. The third kappa shape index (κ3) is 6.08. The number of fused-ring (bicyclic) bond motifs is 4. The summed E-state index contributed by atoms with van der Waals surface area (Å²) in [5, 5.41) is 9.94. The summed E-state index contributed by atoms with van der Waals surface area (Å²) in [6, 6.07) is 71.9. The largest absolute Gasteiger partial charge is 0.311 e. The Morgan fingerprint density at radius 1 is 0.339 bits per heavy atom. The molecule has 0 bridgehead atoms. The minimum absolute atomic E-state index is 0.249. The summed E-state index contributed by atoms with van der Waals surface area (Å²) >= 11 is 0. The van der Waals surface area contributed by atoms with E-state index in [1.807, 2.05) is 30.3 Å². The lowest BCUT2D eigenvalue weighted by Gasteiger charge is -2.25. The van der Waals surface area contributed by atoms with Gasteiger partial charge < -0.3 is 4.90 Å². The molecule has 264 valence electrons. The van der Waals surface area contributed by atoms with E-state index in [9.17, 15) is 4.39 Å². The normalized spacial score (nSPS) is 11.6. The van der Waals surface area contributed by atoms with Gasteiger partial charge in [0.2, 0.25) is 0 Å². The van der Waals surface area contributed by atoms with E-state index in [2.05, 4.69) is 181 Å². The molecule has 0 radical (unpaired) electrons. The fraction of sp³-hybridized carbons (Fsp3) is 0. The van der Waals surface area contributed by atoms with Crippen LogP contribution in [-0.4, -0.2) is 0 Å². The molecular weight excluding hydrogens is 682 g/mol. The summed E-state index contributed by atoms with van der Waals surface area (Å²) in [6.07, 6.45) is 4.32. The van der Waals surface area contributed by atoms with Gasteiger partial charge in [-0.05, 0) is 137 Å². The third-order valence-electron chi connectivity index (χ3n) is 10.9. The predicted molar refractivity (Wildman–Crippen MR) is 237 cm³/mol. The SMILES string of the molecule is Fc1ccc(N(c2ccccc2)c2ccc(/C=C/c3ccc4cc(-c5c6ccccc6c(-c6cccc7ccccc67)c6ccccc56)ccc4c3)cc2)cc1. The summed E-state index contributed by atoms with van der Waals surface area (Å²) in [5.74, 6) is -0.249. The van der Waals surface area contributed by atoms with Crippen LogP contribution < -0.4 is 4.90 Å². The molecule has 10 rings (SSSR count). The van der Waals surface area contributed by atoms with Crippen molar-refractivity contribution in [3.05, 3.63) is 223 Å². The zero-order valence-electron chi connectivity index (χ0n) is 30.6. The van der Waals surface area contributed by atoms with Crippen molar-refractivity contribution in [2.75, 3.05) is 4.90 Å². The van der Waals surface area contributed by atoms with E-state index >= 15 is 0 Å². The van der Waals surface area contributed by atoms with Crippen molar-refractivity contribution in [2.45, 2.75) is 0 Å². The Morgan fingerprint density at radius 2 is 0.839 bits per heavy atom. The molecule has 10 aromatic carbocycles. The highest BCUT2D eigenvalue weighted by Crippen LogP contribution is 2.45. The van der Waals surface area contributed by atoms with E-state index in [-0.39, 0.29) is 5.82 Å². The molecule has 0 atom stereocenters. The molecular formula is C54H36FN. The summed E-state index contributed by atoms with van der Waals surface area (Å²) in [5.41, 5.74) is 10.2. The molecule has 0 aliphatic carbocycles. The minimum Gasteiger partial charge on any atom is -0.311 e. The van der Waals surface area contributed by atoms with Gasteiger partial charge in [0.25, 0.3) is 0 Å². The van der Waals surface area contributed by atoms with Gasteiger partial charge in [0.05, 0.1) is 0 Å². The molecule has 0 aromatic heterocycles. The second-order valence-electron chi connectivity index (χ2n) is 14.3. The van der Waals surface area contributed by atoms with Gasteiger partial charge >= 0.3 is 0 Å². The molecule has 0 saturated heterocycles. The lowest BCUT2D eigenvalue weighted by molar-refractivity contribution is 0.628. The standard InChI is InChI=1S/C54H36FN/c55-43-29-33-46(34-30-43)56(44-13-2-1-3-14-44)45-31-24-37(25-32-45)21-22-38-23-26-41-36-42(28-27-40(41)35-38)53-49-16-6-8-18-51(49)54(52-19-9-7-17-50(52)53)48-20-10-12-39-11-4-5-15-47(39)48/h1-36H/b22-21+. The highest BCUT2D eigenvalue weighted by atomic mass is 19.1. The molecule has 0 heterocycles. The van der Waals surface area contributed by atoms with Gasteiger partial charge in [0.1, 0.15) is 5.82 Å². The number of benzene rings is 10. The van der Waals surface area contributed by atoms with E-state index in [0.717, 1.165) is 28.2 Å². The van der Waals surface area contributed by atoms with Crippen molar-refractivity contribution < 1.29 is 4.39 Å². The van der Waals surface area contributed by atoms with Crippen LogP contribution >= 0.6 is 0 Å². The summed E-state index contributed by atoms with van der Waals surface area (Å²) < 4.78 is 13.8. The van der Waals surface area contributed by atoms with Crippen LogP contribution in [0.4, 0.5) is 21.5 Å². The molecule has 0 spiro atoms. The lowest BCUT2D eigenvalue weighted by atomic mass is 9.84. The number of rotatable bonds is 7. The lowest BCUT2D eigenvalue weighted by Crippen LogP contribution is -2.09. The first kappa shape index (κ1) is 33.3. The Bertz CT molecular complexity index is 3010. The van der Waals surface area contributed by atoms with Gasteiger partial charge in [-0.2, -0.15) is 0 Å². The first-order valence-electron chi connectivity index (χ1n) is 19.0. The third-order valence-corrected chi connectivity index (χ3v) is 10.9. The number of nitrogens with zero attached hydrogens (tertiary/aromatic N) is 1. The first-order valence-corrected chi connectivity index (χ1v) is 19.0. The van der Waals surface area contributed by atoms with Crippen LogP contribution in [-0.2, 0) is 0 Å². The second kappa shape index (κ2) is 14.2. The van der Waals surface area contributed by atoms with Crippen molar-refractivity contribution in [3.63, 3.8) is 0 Å². The van der Waals surface area contributed by atoms with Crippen LogP contribution in [0.25, 0.3) is 77.5 Å². The van der Waals surface area contributed by atoms with Crippen LogP contribution in [0.5, 0.6) is 0 Å². The topological polar surface area (TPSA) is 3.24 Å². The van der Waals surface area contributed by atoms with Crippen molar-refractivity contribution in [1.82, 2.24) is 0 Å². The molecule has 0 saturated carbocycles. The maximum Gasteiger partial charge on any atom is 0.123 e. The van der Waals surface area contributed by atoms with Crippen LogP contribution in [0.15, 0.2) is 206 Å². The van der Waals surface area contributed by atoms with E-state index in [1.54, 1.807) is 0 Å². The minimum atomic E-state index is -0.249. The van der Waals surface area contributed by atoms with Gasteiger partial charge in [0.15, 0.2) is 0 Å². The van der Waals surface area contributed by atoms with E-state index in [1.165, 1.54) is 77.5 Å². The fourth-order valence-electron chi connectivity index (χ4n) is 8.24. The van der Waals surface area contributed by atoms with Gasteiger partial charge in [-0.1, -0.05) is 158 Å². The van der Waals surface area contributed by atoms with Crippen LogP contribution in [0, 0.1) is 5.82 Å². The number of hydrogen-bond acceptors (Lipinski definition) is 1. The number of anilines is 3. The zero-order chi connectivity index (χ0) is 37.4. The molecule has 1 nitrogen and oxygen atoms in total. The monoisotopic (exact) mass is 717 g/mol. The first-order chi connectivity index (χ1) is 27.7. The average Bonchev–Trinajstić information content (AvgIpc) is 3.26. The van der Waals surface area contributed by atoms with Gasteiger partial charge in [-0.3, -0.25) is 0 Å². The Hall–Kier alpha value is -7.29. The van der Waals surface area contributed by atoms with Crippen LogP contribution in [0.1, 0.15) is 11.1 Å². The summed E-state index contributed by atoms with van der Waals surface area (Å²) in [4.78, 5) is 2.13. The van der Waals surface area contributed by atoms with Crippen molar-refractivity contribution >= 4 is 72.3 Å². The van der Waals surface area contributed by atoms with Crippen molar-refractivity contribution in [2.24, 2.45) is 0 Å². The fourth-order valence-corrected chi connectivity index (χ4v) is 8.24. The smallest absolute Gasteiger partial charge is 0.123 e. The molecule has 0 aliphatic heterocycles. The number of hydrogen-bond donors (Lipinski definition) is 0. The van der Waals surface area contributed by atoms with Gasteiger partial charge in [0, 0.05) is 17.1 Å². The van der Waals surface area contributed by atoms with Crippen LogP contribution in [0.2, 0.25) is 0 Å². The second-order valence-corrected chi connectivity index (χ2v) is 14.3. The Balaban J connectivity index is 0.987. The molecule has 0 amide bonds. The number of halogens is 1. The molecule has 0 unspecified atom stereocenters. The van der Waals surface area contributed by atoms with Gasteiger partial charge in [-0.15, -0.1) is 0 Å². The molecule has 56 heavy (non-hydrogen) atoms. The predicted octanol–water partition coefficient (Wildman–Crippen LogP) is 15.4.